The molecule has 6 nitrogen and oxygen atoms in total. The molecule has 0 radical (unpaired) electrons. The van der Waals surface area contributed by atoms with Crippen molar-refractivity contribution in [2.24, 2.45) is 10.7 Å². The first-order valence-corrected chi connectivity index (χ1v) is 10.0. The molecule has 0 aliphatic heterocycles. The molecule has 2 rings (SSSR count). The van der Waals surface area contributed by atoms with E-state index in [1.54, 1.807) is 18.4 Å². The summed E-state index contributed by atoms with van der Waals surface area (Å²) in [4.78, 5) is 7.93. The third-order valence-corrected chi connectivity index (χ3v) is 4.94. The number of likely N-dealkylation sites (N-methyl/N-ethyl adjacent to an activating group) is 1. The second-order valence-corrected chi connectivity index (χ2v) is 7.28. The highest BCUT2D eigenvalue weighted by Gasteiger charge is 2.01. The van der Waals surface area contributed by atoms with Crippen LogP contribution < -0.4 is 15.8 Å². The molecule has 0 spiro atoms. The first kappa shape index (κ1) is 24.7. The Hall–Kier alpha value is -1.36. The predicted molar refractivity (Wildman–Crippen MR) is 128 cm³/mol. The van der Waals surface area contributed by atoms with Gasteiger partial charge in [-0.05, 0) is 42.6 Å². The number of rotatable bonds is 12. The minimum absolute atomic E-state index is 0. The molecule has 0 saturated carbocycles. The highest BCUT2D eigenvalue weighted by Crippen LogP contribution is 2.14. The molecule has 1 aromatic carbocycles. The lowest BCUT2D eigenvalue weighted by Gasteiger charge is -2.16. The lowest BCUT2D eigenvalue weighted by molar-refractivity contribution is 0.150. The van der Waals surface area contributed by atoms with Crippen LogP contribution >= 0.6 is 35.3 Å². The lowest BCUT2D eigenvalue weighted by Crippen LogP contribution is -2.33. The van der Waals surface area contributed by atoms with Gasteiger partial charge in [0.15, 0.2) is 5.96 Å². The number of hydrogen-bond acceptors (Lipinski definition) is 5. The van der Waals surface area contributed by atoms with E-state index in [4.69, 9.17) is 15.2 Å². The molecule has 0 bridgehead atoms. The molecule has 0 fully saturated rings. The van der Waals surface area contributed by atoms with E-state index in [0.717, 1.165) is 44.0 Å². The van der Waals surface area contributed by atoms with Crippen molar-refractivity contribution in [3.63, 3.8) is 0 Å². The third-order valence-electron chi connectivity index (χ3n) is 4.01. The first-order chi connectivity index (χ1) is 13.2. The van der Waals surface area contributed by atoms with Crippen molar-refractivity contribution in [2.45, 2.75) is 13.0 Å². The second kappa shape index (κ2) is 14.6. The van der Waals surface area contributed by atoms with Crippen LogP contribution in [0.3, 0.4) is 0 Å². The number of nitrogens with zero attached hydrogens (tertiary/aromatic N) is 2. The Labute approximate surface area is 189 Å². The van der Waals surface area contributed by atoms with Crippen LogP contribution in [-0.2, 0) is 17.7 Å². The normalized spacial score (nSPS) is 11.3. The first-order valence-electron chi connectivity index (χ1n) is 9.13. The van der Waals surface area contributed by atoms with Gasteiger partial charge in [0.05, 0.1) is 13.2 Å². The number of aliphatic imine (C=N–C) groups is 1. The fraction of sp³-hybridized carbons (Fsp3) is 0.450. The molecule has 28 heavy (non-hydrogen) atoms. The van der Waals surface area contributed by atoms with Gasteiger partial charge in [0.25, 0.3) is 0 Å². The number of halogens is 1. The molecule has 0 aliphatic rings. The van der Waals surface area contributed by atoms with Gasteiger partial charge in [-0.3, -0.25) is 0 Å². The maximum atomic E-state index is 5.95. The van der Waals surface area contributed by atoms with Crippen LogP contribution in [0, 0.1) is 0 Å². The molecule has 8 heteroatoms. The number of thiophene rings is 1. The van der Waals surface area contributed by atoms with Gasteiger partial charge in [-0.25, -0.2) is 4.99 Å². The van der Waals surface area contributed by atoms with Crippen molar-refractivity contribution in [1.82, 2.24) is 10.2 Å². The Bertz CT molecular complexity index is 683. The van der Waals surface area contributed by atoms with E-state index >= 15 is 0 Å². The van der Waals surface area contributed by atoms with Gasteiger partial charge in [0.2, 0.25) is 0 Å². The smallest absolute Gasteiger partial charge is 0.188 e. The summed E-state index contributed by atoms with van der Waals surface area (Å²) in [5, 5.41) is 5.24. The Morgan fingerprint density at radius 3 is 2.79 bits per heavy atom. The minimum atomic E-state index is 0. The maximum Gasteiger partial charge on any atom is 0.188 e. The number of ether oxygens (including phenoxy) is 2. The Morgan fingerprint density at radius 1 is 1.21 bits per heavy atom. The predicted octanol–water partition coefficient (Wildman–Crippen LogP) is 2.97. The Morgan fingerprint density at radius 2 is 2.04 bits per heavy atom. The van der Waals surface area contributed by atoms with Crippen molar-refractivity contribution in [2.75, 3.05) is 47.0 Å². The molecule has 1 heterocycles. The van der Waals surface area contributed by atoms with Crippen LogP contribution in [0.4, 0.5) is 0 Å². The van der Waals surface area contributed by atoms with Crippen LogP contribution in [0.15, 0.2) is 46.8 Å². The van der Waals surface area contributed by atoms with E-state index in [9.17, 15) is 0 Å². The quantitative estimate of drug-likeness (QED) is 0.257. The average Bonchev–Trinajstić information content (AvgIpc) is 3.18. The van der Waals surface area contributed by atoms with Gasteiger partial charge in [-0.1, -0.05) is 18.2 Å². The Balaban J connectivity index is 0.00000392. The Kier molecular flexibility index (Phi) is 12.9. The fourth-order valence-corrected chi connectivity index (χ4v) is 3.12. The monoisotopic (exact) mass is 518 g/mol. The number of benzene rings is 1. The van der Waals surface area contributed by atoms with Crippen LogP contribution in [-0.4, -0.2) is 57.9 Å². The van der Waals surface area contributed by atoms with Gasteiger partial charge in [-0.2, -0.15) is 0 Å². The van der Waals surface area contributed by atoms with Crippen molar-refractivity contribution in [3.05, 3.63) is 52.2 Å². The number of methoxy groups -OCH3 is 1. The molecule has 156 valence electrons. The number of nitrogens with one attached hydrogen (secondary N) is 1. The van der Waals surface area contributed by atoms with Gasteiger partial charge >= 0.3 is 0 Å². The molecule has 0 saturated heterocycles. The topological polar surface area (TPSA) is 72.1 Å². The average molecular weight is 518 g/mol. The number of hydrogen-bond donors (Lipinski definition) is 2. The molecular formula is C20H31IN4O2S. The molecule has 0 atom stereocenters. The summed E-state index contributed by atoms with van der Waals surface area (Å²) in [5.74, 6) is 1.32. The standard InChI is InChI=1S/C20H30N4O2S.HI/c1-24(10-12-25-2)11-13-26-18-6-3-5-17(15-18)16-23-20(21)22-9-8-19-7-4-14-27-19;/h3-7,14-15H,8-13,16H2,1-2H3,(H3,21,22,23);1H. The molecule has 2 aromatic rings. The summed E-state index contributed by atoms with van der Waals surface area (Å²) in [6, 6.07) is 12.2. The van der Waals surface area contributed by atoms with E-state index < -0.39 is 0 Å². The van der Waals surface area contributed by atoms with E-state index in [0.29, 0.717) is 19.1 Å². The molecule has 0 aliphatic carbocycles. The zero-order valence-electron chi connectivity index (χ0n) is 16.6. The SMILES string of the molecule is COCCN(C)CCOc1cccc(CN=C(N)NCCc2cccs2)c1.I. The maximum absolute atomic E-state index is 5.95. The summed E-state index contributed by atoms with van der Waals surface area (Å²) in [6.45, 7) is 4.44. The van der Waals surface area contributed by atoms with Crippen molar-refractivity contribution in [3.8, 4) is 5.75 Å². The molecule has 0 amide bonds. The summed E-state index contributed by atoms with van der Waals surface area (Å²) in [5.41, 5.74) is 7.02. The summed E-state index contributed by atoms with van der Waals surface area (Å²) in [6.07, 6.45) is 0.954. The largest absolute Gasteiger partial charge is 0.492 e. The van der Waals surface area contributed by atoms with Crippen LogP contribution in [0.1, 0.15) is 10.4 Å². The molecule has 3 N–H and O–H groups in total. The van der Waals surface area contributed by atoms with Crippen LogP contribution in [0.5, 0.6) is 5.75 Å². The minimum Gasteiger partial charge on any atom is -0.492 e. The summed E-state index contributed by atoms with van der Waals surface area (Å²) >= 11 is 1.75. The lowest BCUT2D eigenvalue weighted by atomic mass is 10.2. The highest BCUT2D eigenvalue weighted by molar-refractivity contribution is 14.0. The molecule has 1 aromatic heterocycles. The van der Waals surface area contributed by atoms with Crippen molar-refractivity contribution >= 4 is 41.3 Å². The van der Waals surface area contributed by atoms with E-state index in [-0.39, 0.29) is 24.0 Å². The second-order valence-electron chi connectivity index (χ2n) is 6.25. The number of nitrogens with two attached hydrogens (primary N) is 1. The van der Waals surface area contributed by atoms with E-state index in [2.05, 4.69) is 39.8 Å². The van der Waals surface area contributed by atoms with Gasteiger partial charge in [-0.15, -0.1) is 35.3 Å². The molecule has 0 unspecified atom stereocenters. The van der Waals surface area contributed by atoms with Crippen LogP contribution in [0.2, 0.25) is 0 Å². The number of guanidine groups is 1. The van der Waals surface area contributed by atoms with Crippen LogP contribution in [0.25, 0.3) is 0 Å². The zero-order chi connectivity index (χ0) is 19.3. The van der Waals surface area contributed by atoms with Crippen molar-refractivity contribution in [1.29, 1.82) is 0 Å². The fourth-order valence-electron chi connectivity index (χ4n) is 2.41. The van der Waals surface area contributed by atoms with E-state index in [1.165, 1.54) is 4.88 Å². The highest BCUT2D eigenvalue weighted by atomic mass is 127. The third kappa shape index (κ3) is 10.3. The van der Waals surface area contributed by atoms with Gasteiger partial charge in [0, 0.05) is 31.6 Å². The van der Waals surface area contributed by atoms with E-state index in [1.807, 2.05) is 24.3 Å². The van der Waals surface area contributed by atoms with Gasteiger partial charge < -0.3 is 25.4 Å². The summed E-state index contributed by atoms with van der Waals surface area (Å²) in [7, 11) is 3.77. The van der Waals surface area contributed by atoms with Crippen molar-refractivity contribution < 1.29 is 9.47 Å². The van der Waals surface area contributed by atoms with Gasteiger partial charge in [0.1, 0.15) is 12.4 Å². The summed E-state index contributed by atoms with van der Waals surface area (Å²) < 4.78 is 10.9. The zero-order valence-corrected chi connectivity index (χ0v) is 19.7. The molecular weight excluding hydrogens is 487 g/mol.